The second-order valence-electron chi connectivity index (χ2n) is 6.03. The second kappa shape index (κ2) is 7.78. The lowest BCUT2D eigenvalue weighted by atomic mass is 10.2. The molecule has 1 aliphatic rings. The second-order valence-corrected chi connectivity index (χ2v) is 7.89. The Morgan fingerprint density at radius 1 is 1.30 bits per heavy atom. The van der Waals surface area contributed by atoms with Gasteiger partial charge in [0.05, 0.1) is 16.3 Å². The number of nitro groups is 1. The zero-order valence-electron chi connectivity index (χ0n) is 15.0. The minimum atomic E-state index is -4.83. The average Bonchev–Trinajstić information content (AvgIpc) is 2.93. The van der Waals surface area contributed by atoms with E-state index in [1.165, 1.54) is 13.0 Å². The number of aromatic hydroxyl groups is 1. The Labute approximate surface area is 174 Å². The number of hydrogen-bond donors (Lipinski definition) is 2. The van der Waals surface area contributed by atoms with E-state index < -0.39 is 49.0 Å². The number of halogens is 1. The zero-order valence-corrected chi connectivity index (χ0v) is 16.6. The smallest absolute Gasteiger partial charge is 0.314 e. The molecule has 0 spiro atoms. The first-order valence-corrected chi connectivity index (χ1v) is 9.85. The van der Waals surface area contributed by atoms with Gasteiger partial charge in [0.25, 0.3) is 16.0 Å². The van der Waals surface area contributed by atoms with Crippen LogP contribution < -0.4 is 5.01 Å². The Kier molecular flexibility index (Phi) is 5.52. The number of carbonyl (C=O) groups is 1. The van der Waals surface area contributed by atoms with E-state index in [0.717, 1.165) is 5.01 Å². The van der Waals surface area contributed by atoms with Crippen molar-refractivity contribution < 1.29 is 27.8 Å². The number of amides is 1. The molecule has 0 fully saturated rings. The summed E-state index contributed by atoms with van der Waals surface area (Å²) >= 11 is 5.91. The number of carbonyl (C=O) groups excluding carboxylic acids is 1. The van der Waals surface area contributed by atoms with Crippen LogP contribution in [0.2, 0.25) is 5.02 Å². The number of rotatable bonds is 5. The highest BCUT2D eigenvalue weighted by Crippen LogP contribution is 2.39. The topological polar surface area (TPSA) is 175 Å². The molecule has 1 unspecified atom stereocenters. The van der Waals surface area contributed by atoms with Crippen LogP contribution in [0.25, 0.3) is 0 Å². The molecule has 0 aromatic heterocycles. The summed E-state index contributed by atoms with van der Waals surface area (Å²) in [6.07, 6.45) is 0. The lowest BCUT2D eigenvalue weighted by molar-refractivity contribution is -0.386. The quantitative estimate of drug-likeness (QED) is 0.302. The van der Waals surface area contributed by atoms with E-state index >= 15 is 0 Å². The molecule has 1 amide bonds. The van der Waals surface area contributed by atoms with Crippen molar-refractivity contribution in [2.75, 3.05) is 5.01 Å². The number of hydrazone groups is 1. The van der Waals surface area contributed by atoms with Gasteiger partial charge in [0.2, 0.25) is 5.75 Å². The summed E-state index contributed by atoms with van der Waals surface area (Å²) in [5, 5.41) is 33.9. The van der Waals surface area contributed by atoms with Crippen LogP contribution in [0, 0.1) is 10.1 Å². The Hall–Kier alpha value is -3.42. The van der Waals surface area contributed by atoms with Gasteiger partial charge in [0, 0.05) is 11.1 Å². The van der Waals surface area contributed by atoms with E-state index in [1.807, 2.05) is 0 Å². The Bertz CT molecular complexity index is 1230. The van der Waals surface area contributed by atoms with E-state index in [9.17, 15) is 28.4 Å². The van der Waals surface area contributed by atoms with Crippen molar-refractivity contribution in [3.63, 3.8) is 0 Å². The predicted octanol–water partition coefficient (Wildman–Crippen LogP) is 3.08. The summed E-state index contributed by atoms with van der Waals surface area (Å²) in [4.78, 5) is 21.8. The number of anilines is 1. The number of phenolic OH excluding ortho intramolecular Hbond substituents is 1. The number of benzene rings is 2. The SMILES string of the molecule is CC1=NN(c2cccc(Cl)c2)C(=O)C1N=Nc1cc(S(=O)(=O)O)cc([N+](=O)[O-])c1O. The molecule has 1 aliphatic heterocycles. The molecule has 156 valence electrons. The van der Waals surface area contributed by atoms with Gasteiger partial charge in [-0.2, -0.15) is 28.8 Å². The maximum Gasteiger partial charge on any atom is 0.314 e. The van der Waals surface area contributed by atoms with Gasteiger partial charge in [-0.05, 0) is 31.2 Å². The molecule has 2 aromatic carbocycles. The first-order valence-electron chi connectivity index (χ1n) is 8.03. The first-order chi connectivity index (χ1) is 14.0. The van der Waals surface area contributed by atoms with Gasteiger partial charge < -0.3 is 5.11 Å². The predicted molar refractivity (Wildman–Crippen MR) is 105 cm³/mol. The third-order valence-electron chi connectivity index (χ3n) is 3.97. The molecule has 1 heterocycles. The lowest BCUT2D eigenvalue weighted by Crippen LogP contribution is -2.29. The fourth-order valence-corrected chi connectivity index (χ4v) is 3.25. The van der Waals surface area contributed by atoms with Crippen molar-refractivity contribution in [3.05, 3.63) is 51.5 Å². The molecule has 2 aromatic rings. The van der Waals surface area contributed by atoms with E-state index in [4.69, 9.17) is 16.2 Å². The fraction of sp³-hybridized carbons (Fsp3) is 0.125. The van der Waals surface area contributed by atoms with Crippen LogP contribution in [-0.4, -0.2) is 40.7 Å². The maximum atomic E-state index is 12.6. The van der Waals surface area contributed by atoms with Gasteiger partial charge in [-0.25, -0.2) is 0 Å². The molecule has 30 heavy (non-hydrogen) atoms. The Morgan fingerprint density at radius 3 is 2.60 bits per heavy atom. The molecular weight excluding hydrogens is 442 g/mol. The van der Waals surface area contributed by atoms with Crippen molar-refractivity contribution >= 4 is 50.4 Å². The van der Waals surface area contributed by atoms with Gasteiger partial charge in [-0.3, -0.25) is 19.5 Å². The highest BCUT2D eigenvalue weighted by Gasteiger charge is 2.35. The van der Waals surface area contributed by atoms with Crippen LogP contribution in [0.1, 0.15) is 6.92 Å². The van der Waals surface area contributed by atoms with Crippen LogP contribution in [0.15, 0.2) is 56.6 Å². The summed E-state index contributed by atoms with van der Waals surface area (Å²) in [6.45, 7) is 1.49. The summed E-state index contributed by atoms with van der Waals surface area (Å²) in [5.74, 6) is -1.60. The summed E-state index contributed by atoms with van der Waals surface area (Å²) in [5.41, 5.74) is -1.04. The molecule has 2 N–H and O–H groups in total. The standard InChI is InChI=1S/C16H12ClN5O7S/c1-8-14(16(24)21(20-8)10-4-2-3-9(17)5-10)19-18-12-6-11(30(27,28)29)7-13(15(12)23)22(25)26/h2-7,14,23H,1H3,(H,27,28,29). The Balaban J connectivity index is 1.98. The van der Waals surface area contributed by atoms with Gasteiger partial charge in [0.1, 0.15) is 10.6 Å². The monoisotopic (exact) mass is 453 g/mol. The molecule has 0 saturated heterocycles. The third-order valence-corrected chi connectivity index (χ3v) is 5.03. The van der Waals surface area contributed by atoms with Crippen LogP contribution >= 0.6 is 11.6 Å². The maximum absolute atomic E-state index is 12.6. The van der Waals surface area contributed by atoms with Crippen LogP contribution in [0.5, 0.6) is 5.75 Å². The minimum Gasteiger partial charge on any atom is -0.501 e. The minimum absolute atomic E-state index is 0.226. The molecule has 14 heteroatoms. The summed E-state index contributed by atoms with van der Waals surface area (Å²) < 4.78 is 31.9. The number of hydrogen-bond acceptors (Lipinski definition) is 9. The van der Waals surface area contributed by atoms with Crippen molar-refractivity contribution in [2.45, 2.75) is 17.9 Å². The lowest BCUT2D eigenvalue weighted by Gasteiger charge is -2.12. The molecular formula is C16H12ClN5O7S. The van der Waals surface area contributed by atoms with Crippen molar-refractivity contribution in [3.8, 4) is 5.75 Å². The zero-order chi connectivity index (χ0) is 22.2. The van der Waals surface area contributed by atoms with Crippen LogP contribution in [0.3, 0.4) is 0 Å². The molecule has 0 saturated carbocycles. The molecule has 12 nitrogen and oxygen atoms in total. The molecule has 1 atom stereocenters. The molecule has 0 bridgehead atoms. The molecule has 0 radical (unpaired) electrons. The van der Waals surface area contributed by atoms with E-state index in [2.05, 4.69) is 15.3 Å². The fourth-order valence-electron chi connectivity index (χ4n) is 2.55. The summed E-state index contributed by atoms with van der Waals surface area (Å²) in [7, 11) is -4.83. The van der Waals surface area contributed by atoms with Gasteiger partial charge in [-0.1, -0.05) is 17.7 Å². The highest BCUT2D eigenvalue weighted by atomic mass is 35.5. The van der Waals surface area contributed by atoms with Gasteiger partial charge in [0.15, 0.2) is 6.04 Å². The molecule has 0 aliphatic carbocycles. The van der Waals surface area contributed by atoms with Gasteiger partial charge >= 0.3 is 5.69 Å². The highest BCUT2D eigenvalue weighted by molar-refractivity contribution is 7.85. The third kappa shape index (κ3) is 4.12. The molecule has 3 rings (SSSR count). The van der Waals surface area contributed by atoms with Crippen molar-refractivity contribution in [1.82, 2.24) is 0 Å². The van der Waals surface area contributed by atoms with Crippen LogP contribution in [0.4, 0.5) is 17.1 Å². The number of nitrogens with zero attached hydrogens (tertiary/aromatic N) is 5. The first kappa shape index (κ1) is 21.3. The van der Waals surface area contributed by atoms with Crippen LogP contribution in [-0.2, 0) is 14.9 Å². The number of phenols is 1. The van der Waals surface area contributed by atoms with E-state index in [-0.39, 0.29) is 5.71 Å². The van der Waals surface area contributed by atoms with E-state index in [1.54, 1.807) is 18.2 Å². The normalized spacial score (nSPS) is 16.9. The van der Waals surface area contributed by atoms with E-state index in [0.29, 0.717) is 22.8 Å². The summed E-state index contributed by atoms with van der Waals surface area (Å²) in [6, 6.07) is 6.24. The largest absolute Gasteiger partial charge is 0.501 e. The van der Waals surface area contributed by atoms with Crippen molar-refractivity contribution in [1.29, 1.82) is 0 Å². The Morgan fingerprint density at radius 2 is 2.00 bits per heavy atom. The van der Waals surface area contributed by atoms with Crippen molar-refractivity contribution in [2.24, 2.45) is 15.3 Å². The average molecular weight is 454 g/mol. The van der Waals surface area contributed by atoms with Gasteiger partial charge in [-0.15, -0.1) is 0 Å². The number of nitro benzene ring substituents is 1. The number of azo groups is 1.